The van der Waals surface area contributed by atoms with Crippen LogP contribution in [0.1, 0.15) is 207 Å². The van der Waals surface area contributed by atoms with Gasteiger partial charge in [0.1, 0.15) is 11.5 Å². The van der Waals surface area contributed by atoms with Crippen LogP contribution in [0.3, 0.4) is 0 Å². The first-order chi connectivity index (χ1) is 48.2. The molecule has 12 rings (SSSR count). The number of benzene rings is 8. The van der Waals surface area contributed by atoms with Crippen LogP contribution >= 0.6 is 0 Å². The van der Waals surface area contributed by atoms with Crippen LogP contribution in [-0.4, -0.2) is 30.1 Å². The molecule has 0 saturated carbocycles. The van der Waals surface area contributed by atoms with E-state index in [-0.39, 0.29) is 54.2 Å². The van der Waals surface area contributed by atoms with Gasteiger partial charge in [-0.2, -0.15) is 0 Å². The van der Waals surface area contributed by atoms with E-state index >= 15 is 0 Å². The zero-order chi connectivity index (χ0) is 73.3. The summed E-state index contributed by atoms with van der Waals surface area (Å²) in [5, 5.41) is 21.9. The van der Waals surface area contributed by atoms with E-state index in [2.05, 4.69) is 308 Å². The van der Waals surface area contributed by atoms with Crippen LogP contribution in [0.25, 0.3) is 112 Å². The van der Waals surface area contributed by atoms with Gasteiger partial charge in [-0.25, -0.2) is 4.98 Å². The number of aromatic nitrogens is 4. The monoisotopic (exact) mass is 1540 g/mol. The Morgan fingerprint density at radius 3 is 0.990 bits per heavy atom. The molecule has 0 spiro atoms. The van der Waals surface area contributed by atoms with Crippen molar-refractivity contribution in [2.75, 3.05) is 0 Å². The molecule has 0 amide bonds. The molecule has 0 aliphatic carbocycles. The van der Waals surface area contributed by atoms with E-state index in [0.29, 0.717) is 40.5 Å². The number of phenols is 2. The molecule has 0 atom stereocenters. The number of phenolic OH excluding ortho intramolecular Hbond substituents is 2. The molecule has 2 N–H and O–H groups in total. The van der Waals surface area contributed by atoms with Gasteiger partial charge in [0.05, 0.1) is 22.8 Å². The molecule has 0 aliphatic rings. The van der Waals surface area contributed by atoms with Crippen molar-refractivity contribution in [1.82, 2.24) is 19.9 Å². The van der Waals surface area contributed by atoms with Gasteiger partial charge in [0, 0.05) is 67.1 Å². The molecule has 0 radical (unpaired) electrons. The first kappa shape index (κ1) is 76.3. The van der Waals surface area contributed by atoms with Crippen LogP contribution in [0.2, 0.25) is 0 Å². The number of rotatable bonds is 14. The first-order valence-corrected chi connectivity index (χ1v) is 36.5. The third-order valence-corrected chi connectivity index (χ3v) is 19.7. The van der Waals surface area contributed by atoms with Gasteiger partial charge in [-0.1, -0.05) is 277 Å². The summed E-state index contributed by atoms with van der Waals surface area (Å²) in [6, 6.07) is 77.9. The van der Waals surface area contributed by atoms with Crippen molar-refractivity contribution in [2.45, 2.75) is 184 Å². The third kappa shape index (κ3) is 17.5. The van der Waals surface area contributed by atoms with Crippen molar-refractivity contribution in [1.29, 1.82) is 0 Å². The van der Waals surface area contributed by atoms with E-state index in [4.69, 9.17) is 19.9 Å². The predicted molar refractivity (Wildman–Crippen MR) is 432 cm³/mol. The summed E-state index contributed by atoms with van der Waals surface area (Å²) < 4.78 is 0. The van der Waals surface area contributed by atoms with Gasteiger partial charge >= 0.3 is 0 Å². The normalized spacial score (nSPS) is 12.0. The molecule has 8 aromatic carbocycles. The van der Waals surface area contributed by atoms with Crippen LogP contribution in [0.5, 0.6) is 11.5 Å². The largest absolute Gasteiger partial charge is 0.507 e. The molecule has 4 heterocycles. The molecule has 12 aromatic rings. The van der Waals surface area contributed by atoms with Gasteiger partial charge in [-0.15, -0.1) is 24.3 Å². The summed E-state index contributed by atoms with van der Waals surface area (Å²) >= 11 is 0. The van der Waals surface area contributed by atoms with E-state index in [1.54, 1.807) is 12.1 Å². The topological polar surface area (TPSA) is 92.0 Å². The number of nitrogens with zero attached hydrogens (tertiary/aromatic N) is 4. The van der Waals surface area contributed by atoms with Crippen LogP contribution in [-0.2, 0) is 42.7 Å². The molecule has 530 valence electrons. The van der Waals surface area contributed by atoms with Gasteiger partial charge in [0.2, 0.25) is 0 Å². The summed E-state index contributed by atoms with van der Waals surface area (Å²) in [5.74, 6) is 2.01. The number of pyridine rings is 4. The number of aromatic hydroxyl groups is 2. The molecule has 0 unspecified atom stereocenters. The molecule has 0 saturated heterocycles. The molecular formula is C96H103N4O2Pt-. The maximum Gasteiger partial charge on any atom is 0.124 e. The number of hydrogen-bond acceptors (Lipinski definition) is 6. The Morgan fingerprint density at radius 1 is 0.282 bits per heavy atom. The van der Waals surface area contributed by atoms with Crippen molar-refractivity contribution in [3.05, 3.63) is 275 Å². The fourth-order valence-corrected chi connectivity index (χ4v) is 13.5. The summed E-state index contributed by atoms with van der Waals surface area (Å²) in [6.45, 7) is 45.3. The fourth-order valence-electron chi connectivity index (χ4n) is 13.5. The van der Waals surface area contributed by atoms with E-state index in [9.17, 15) is 10.2 Å². The molecule has 103 heavy (non-hydrogen) atoms. The average molecular weight is 1540 g/mol. The zero-order valence-electron chi connectivity index (χ0n) is 64.2. The maximum atomic E-state index is 11.0. The Kier molecular flexibility index (Phi) is 22.9. The Labute approximate surface area is 629 Å². The second kappa shape index (κ2) is 30.9. The smallest absolute Gasteiger partial charge is 0.124 e. The summed E-state index contributed by atoms with van der Waals surface area (Å²) in [4.78, 5) is 20.1. The predicted octanol–water partition coefficient (Wildman–Crippen LogP) is 26.5. The second-order valence-corrected chi connectivity index (χ2v) is 33.0. The standard InChI is InChI=1S/C48H52N2O.C48H51N2O.Pt/c2*1-30(2)39-18-14-19-40(31(3)4)46(39)34-21-22-49-42(26-34)32-15-13-16-33(23-32)43-27-36(28-44(50-43)41-17-11-12-20-45(41)51)35-24-37(47(5,6)7)29-38(25-35)48(8,9)10;/h11-31,51H,1-10H3;11-22,24-31,51H,1-10H3;/q;-1;. The van der Waals surface area contributed by atoms with Crippen LogP contribution < -0.4 is 0 Å². The molecule has 0 fully saturated rings. The van der Waals surface area contributed by atoms with Gasteiger partial charge in [-0.3, -0.25) is 15.0 Å². The summed E-state index contributed by atoms with van der Waals surface area (Å²) in [6.07, 6.45) is 3.85. The Morgan fingerprint density at radius 2 is 0.592 bits per heavy atom. The van der Waals surface area contributed by atoms with Crippen molar-refractivity contribution in [2.24, 2.45) is 0 Å². The molecule has 0 aliphatic heterocycles. The minimum absolute atomic E-state index is 0. The SMILES string of the molecule is CC(C)c1cccc(C(C)C)c1-c1ccnc(-c2[c-]c(-c3cc(-c4cc(C(C)(C)C)cc(C(C)(C)C)c4)cc(-c4ccccc4O)n3)ccc2)c1.CC(C)c1cccc(C(C)C)c1-c1ccnc(-c2cccc(-c3cc(-c4cc(C(C)(C)C)cc(C(C)(C)C)c4)cc(-c4ccccc4O)n3)c2)c1.[Pt]. The van der Waals surface area contributed by atoms with Gasteiger partial charge in [-0.05, 0) is 201 Å². The average Bonchev–Trinajstić information content (AvgIpc) is 0.806. The Balaban J connectivity index is 0.000000219. The van der Waals surface area contributed by atoms with Crippen LogP contribution in [0.15, 0.2) is 225 Å². The van der Waals surface area contributed by atoms with Gasteiger partial charge in [0.15, 0.2) is 0 Å². The molecule has 7 heteroatoms. The first-order valence-electron chi connectivity index (χ1n) is 36.5. The third-order valence-electron chi connectivity index (χ3n) is 19.7. The van der Waals surface area contributed by atoms with E-state index in [0.717, 1.165) is 73.0 Å². The number of para-hydroxylation sites is 2. The second-order valence-electron chi connectivity index (χ2n) is 33.0. The van der Waals surface area contributed by atoms with Crippen LogP contribution in [0.4, 0.5) is 0 Å². The van der Waals surface area contributed by atoms with E-state index in [1.807, 2.05) is 48.8 Å². The van der Waals surface area contributed by atoms with Crippen molar-refractivity contribution in [3.63, 3.8) is 0 Å². The summed E-state index contributed by atoms with van der Waals surface area (Å²) in [5.41, 5.74) is 29.9. The summed E-state index contributed by atoms with van der Waals surface area (Å²) in [7, 11) is 0. The zero-order valence-corrected chi connectivity index (χ0v) is 66.4. The van der Waals surface area contributed by atoms with Crippen molar-refractivity contribution < 1.29 is 31.3 Å². The Hall–Kier alpha value is -9.35. The Bertz CT molecular complexity index is 4590. The van der Waals surface area contributed by atoms with Crippen molar-refractivity contribution in [3.8, 4) is 124 Å². The van der Waals surface area contributed by atoms with Gasteiger partial charge < -0.3 is 10.2 Å². The van der Waals surface area contributed by atoms with Gasteiger partial charge in [0.25, 0.3) is 0 Å². The van der Waals surface area contributed by atoms with E-state index < -0.39 is 0 Å². The maximum absolute atomic E-state index is 11.0. The quantitative estimate of drug-likeness (QED) is 0.105. The number of hydrogen-bond donors (Lipinski definition) is 2. The molecule has 4 aromatic heterocycles. The van der Waals surface area contributed by atoms with Crippen molar-refractivity contribution >= 4 is 0 Å². The van der Waals surface area contributed by atoms with Crippen LogP contribution in [0, 0.1) is 6.07 Å². The minimum Gasteiger partial charge on any atom is -0.507 e. The molecule has 6 nitrogen and oxygen atoms in total. The molecular weight excluding hydrogens is 1440 g/mol. The fraction of sp³-hybridized carbons (Fsp3) is 0.292. The molecule has 0 bridgehead atoms. The van der Waals surface area contributed by atoms with E-state index in [1.165, 1.54) is 66.8 Å². The minimum atomic E-state index is -0.0261.